The Morgan fingerprint density at radius 1 is 1.29 bits per heavy atom. The quantitative estimate of drug-likeness (QED) is 0.755. The standard InChI is InChI=1S/C9H7F3N2/c10-9(11,12)7-4-2-1-3-6(7)8(14)5-13/h1-4,8H,14H2/t8-/m0/s1. The van der Waals surface area contributed by atoms with Gasteiger partial charge in [-0.15, -0.1) is 0 Å². The van der Waals surface area contributed by atoms with Crippen LogP contribution in [0.1, 0.15) is 17.2 Å². The predicted molar refractivity (Wildman–Crippen MR) is 44.0 cm³/mol. The molecule has 1 rings (SSSR count). The molecule has 0 fully saturated rings. The van der Waals surface area contributed by atoms with E-state index in [0.29, 0.717) is 0 Å². The van der Waals surface area contributed by atoms with Crippen LogP contribution in [-0.4, -0.2) is 0 Å². The second-order valence-corrected chi connectivity index (χ2v) is 2.69. The molecule has 1 aromatic rings. The lowest BCUT2D eigenvalue weighted by Crippen LogP contribution is -2.15. The number of nitrogens with zero attached hydrogens (tertiary/aromatic N) is 1. The Morgan fingerprint density at radius 3 is 2.36 bits per heavy atom. The van der Waals surface area contributed by atoms with E-state index in [2.05, 4.69) is 0 Å². The van der Waals surface area contributed by atoms with Crippen molar-refractivity contribution in [1.29, 1.82) is 5.26 Å². The fraction of sp³-hybridized carbons (Fsp3) is 0.222. The fourth-order valence-corrected chi connectivity index (χ4v) is 1.10. The molecule has 0 heterocycles. The van der Waals surface area contributed by atoms with Gasteiger partial charge >= 0.3 is 6.18 Å². The Bertz CT molecular complexity index is 365. The second-order valence-electron chi connectivity index (χ2n) is 2.69. The Kier molecular flexibility index (Phi) is 2.77. The molecule has 0 saturated heterocycles. The van der Waals surface area contributed by atoms with E-state index in [1.807, 2.05) is 0 Å². The summed E-state index contributed by atoms with van der Waals surface area (Å²) in [4.78, 5) is 0. The van der Waals surface area contributed by atoms with E-state index < -0.39 is 17.8 Å². The van der Waals surface area contributed by atoms with Crippen LogP contribution in [0.2, 0.25) is 0 Å². The molecule has 0 saturated carbocycles. The lowest BCUT2D eigenvalue weighted by molar-refractivity contribution is -0.138. The van der Waals surface area contributed by atoms with Gasteiger partial charge < -0.3 is 5.73 Å². The summed E-state index contributed by atoms with van der Waals surface area (Å²) in [6.45, 7) is 0. The Labute approximate surface area is 78.8 Å². The maximum absolute atomic E-state index is 12.4. The lowest BCUT2D eigenvalue weighted by atomic mass is 10.0. The first kappa shape index (κ1) is 10.5. The van der Waals surface area contributed by atoms with Crippen LogP contribution in [0, 0.1) is 11.3 Å². The van der Waals surface area contributed by atoms with Gasteiger partial charge in [0, 0.05) is 0 Å². The van der Waals surface area contributed by atoms with Gasteiger partial charge in [0.05, 0.1) is 11.6 Å². The van der Waals surface area contributed by atoms with Crippen LogP contribution < -0.4 is 5.73 Å². The van der Waals surface area contributed by atoms with Gasteiger partial charge in [0.25, 0.3) is 0 Å². The van der Waals surface area contributed by atoms with Gasteiger partial charge in [-0.1, -0.05) is 18.2 Å². The minimum atomic E-state index is -4.47. The summed E-state index contributed by atoms with van der Waals surface area (Å²) in [5.41, 5.74) is 4.19. The van der Waals surface area contributed by atoms with Crippen molar-refractivity contribution >= 4 is 0 Å². The predicted octanol–water partition coefficient (Wildman–Crippen LogP) is 2.23. The summed E-state index contributed by atoms with van der Waals surface area (Å²) < 4.78 is 37.1. The van der Waals surface area contributed by atoms with Crippen LogP contribution in [0.15, 0.2) is 24.3 Å². The van der Waals surface area contributed by atoms with Crippen molar-refractivity contribution in [3.63, 3.8) is 0 Å². The smallest absolute Gasteiger partial charge is 0.312 e. The molecule has 74 valence electrons. The summed E-state index contributed by atoms with van der Waals surface area (Å²) in [7, 11) is 0. The largest absolute Gasteiger partial charge is 0.416 e. The minimum Gasteiger partial charge on any atom is -0.312 e. The summed E-state index contributed by atoms with van der Waals surface area (Å²) in [6.07, 6.45) is -4.47. The fourth-order valence-electron chi connectivity index (χ4n) is 1.10. The summed E-state index contributed by atoms with van der Waals surface area (Å²) in [5, 5.41) is 8.44. The van der Waals surface area contributed by atoms with Crippen molar-refractivity contribution in [1.82, 2.24) is 0 Å². The number of halogens is 3. The number of rotatable bonds is 1. The molecule has 2 N–H and O–H groups in total. The number of nitriles is 1. The van der Waals surface area contributed by atoms with Crippen LogP contribution in [0.3, 0.4) is 0 Å². The third-order valence-electron chi connectivity index (χ3n) is 1.74. The van der Waals surface area contributed by atoms with Crippen molar-refractivity contribution in [2.45, 2.75) is 12.2 Å². The highest BCUT2D eigenvalue weighted by atomic mass is 19.4. The number of hydrogen-bond donors (Lipinski definition) is 1. The summed E-state index contributed by atoms with van der Waals surface area (Å²) >= 11 is 0. The lowest BCUT2D eigenvalue weighted by Gasteiger charge is -2.13. The normalized spacial score (nSPS) is 13.4. The zero-order chi connectivity index (χ0) is 10.8. The Morgan fingerprint density at radius 2 is 1.86 bits per heavy atom. The zero-order valence-electron chi connectivity index (χ0n) is 7.05. The molecule has 0 aliphatic heterocycles. The van der Waals surface area contributed by atoms with Crippen molar-refractivity contribution in [3.05, 3.63) is 35.4 Å². The third-order valence-corrected chi connectivity index (χ3v) is 1.74. The number of alkyl halides is 3. The Balaban J connectivity index is 3.25. The molecule has 0 unspecified atom stereocenters. The van der Waals surface area contributed by atoms with Gasteiger partial charge in [0.2, 0.25) is 0 Å². The topological polar surface area (TPSA) is 49.8 Å². The molecular formula is C9H7F3N2. The molecule has 2 nitrogen and oxygen atoms in total. The van der Waals surface area contributed by atoms with Crippen molar-refractivity contribution in [2.75, 3.05) is 0 Å². The first-order valence-electron chi connectivity index (χ1n) is 3.78. The monoisotopic (exact) mass is 200 g/mol. The van der Waals surface area contributed by atoms with Crippen LogP contribution in [-0.2, 0) is 6.18 Å². The van der Waals surface area contributed by atoms with Gasteiger partial charge in [-0.2, -0.15) is 18.4 Å². The molecule has 0 radical (unpaired) electrons. The van der Waals surface area contributed by atoms with Crippen LogP contribution in [0.5, 0.6) is 0 Å². The van der Waals surface area contributed by atoms with E-state index in [-0.39, 0.29) is 5.56 Å². The highest BCUT2D eigenvalue weighted by Gasteiger charge is 2.34. The molecular weight excluding hydrogens is 193 g/mol. The minimum absolute atomic E-state index is 0.192. The average molecular weight is 200 g/mol. The van der Waals surface area contributed by atoms with E-state index >= 15 is 0 Å². The highest BCUT2D eigenvalue weighted by Crippen LogP contribution is 2.33. The molecule has 1 atom stereocenters. The van der Waals surface area contributed by atoms with Crippen LogP contribution in [0.25, 0.3) is 0 Å². The van der Waals surface area contributed by atoms with Crippen LogP contribution in [0.4, 0.5) is 13.2 Å². The van der Waals surface area contributed by atoms with Gasteiger partial charge in [0.15, 0.2) is 0 Å². The van der Waals surface area contributed by atoms with Gasteiger partial charge in [-0.05, 0) is 11.6 Å². The molecule has 0 amide bonds. The first-order valence-corrected chi connectivity index (χ1v) is 3.78. The maximum atomic E-state index is 12.4. The molecule has 0 aliphatic carbocycles. The first-order chi connectivity index (χ1) is 6.46. The van der Waals surface area contributed by atoms with Gasteiger partial charge in [0.1, 0.15) is 6.04 Å². The molecule has 14 heavy (non-hydrogen) atoms. The van der Waals surface area contributed by atoms with Gasteiger partial charge in [-0.3, -0.25) is 0 Å². The van der Waals surface area contributed by atoms with Gasteiger partial charge in [-0.25, -0.2) is 0 Å². The van der Waals surface area contributed by atoms with Crippen molar-refractivity contribution < 1.29 is 13.2 Å². The second kappa shape index (κ2) is 3.68. The SMILES string of the molecule is N#C[C@H](N)c1ccccc1C(F)(F)F. The number of nitrogens with two attached hydrogens (primary N) is 1. The molecule has 0 aliphatic rings. The molecule has 1 aromatic carbocycles. The van der Waals surface area contributed by atoms with E-state index in [4.69, 9.17) is 11.0 Å². The van der Waals surface area contributed by atoms with Crippen molar-refractivity contribution in [2.24, 2.45) is 5.73 Å². The average Bonchev–Trinajstić information content (AvgIpc) is 2.15. The molecule has 0 aromatic heterocycles. The highest BCUT2D eigenvalue weighted by molar-refractivity contribution is 5.34. The van der Waals surface area contributed by atoms with E-state index in [1.54, 1.807) is 6.07 Å². The van der Waals surface area contributed by atoms with E-state index in [1.165, 1.54) is 18.2 Å². The zero-order valence-corrected chi connectivity index (χ0v) is 7.05. The van der Waals surface area contributed by atoms with Crippen molar-refractivity contribution in [3.8, 4) is 6.07 Å². The molecule has 0 bridgehead atoms. The molecule has 0 spiro atoms. The maximum Gasteiger partial charge on any atom is 0.416 e. The third kappa shape index (κ3) is 2.03. The number of hydrogen-bond acceptors (Lipinski definition) is 2. The Hall–Kier alpha value is -1.54. The summed E-state index contributed by atoms with van der Waals surface area (Å²) in [5.74, 6) is 0. The van der Waals surface area contributed by atoms with E-state index in [0.717, 1.165) is 6.07 Å². The van der Waals surface area contributed by atoms with Crippen LogP contribution >= 0.6 is 0 Å². The number of benzene rings is 1. The molecule has 5 heteroatoms. The summed E-state index contributed by atoms with van der Waals surface area (Å²) in [6, 6.07) is 5.12. The van der Waals surface area contributed by atoms with E-state index in [9.17, 15) is 13.2 Å².